The lowest BCUT2D eigenvalue weighted by Gasteiger charge is -2.12. The molecule has 0 aliphatic carbocycles. The van der Waals surface area contributed by atoms with E-state index in [0.717, 1.165) is 16.9 Å². The molecular formula is C18H16N2O3S2. The fourth-order valence-corrected chi connectivity index (χ4v) is 4.70. The quantitative estimate of drug-likeness (QED) is 0.717. The first-order chi connectivity index (χ1) is 11.9. The summed E-state index contributed by atoms with van der Waals surface area (Å²) < 4.78 is 28.4. The monoisotopic (exact) mass is 372 g/mol. The SMILES string of the molecule is Cc1sc(C(N)=O)cc1NS(=O)(=O)c1ccccc1-c1ccccc1. The molecule has 0 fully saturated rings. The van der Waals surface area contributed by atoms with Crippen molar-refractivity contribution in [3.63, 3.8) is 0 Å². The zero-order valence-electron chi connectivity index (χ0n) is 13.4. The second-order valence-corrected chi connectivity index (χ2v) is 8.32. The number of carbonyl (C=O) groups excluding carboxylic acids is 1. The van der Waals surface area contributed by atoms with Crippen LogP contribution in [0.4, 0.5) is 5.69 Å². The van der Waals surface area contributed by atoms with Crippen LogP contribution in [-0.2, 0) is 10.0 Å². The van der Waals surface area contributed by atoms with Gasteiger partial charge in [0.05, 0.1) is 15.5 Å². The summed E-state index contributed by atoms with van der Waals surface area (Å²) >= 11 is 1.16. The predicted octanol–water partition coefficient (Wildman–Crippen LogP) is 3.62. The van der Waals surface area contributed by atoms with E-state index in [9.17, 15) is 13.2 Å². The molecule has 3 N–H and O–H groups in total. The van der Waals surface area contributed by atoms with Gasteiger partial charge in [-0.05, 0) is 24.6 Å². The minimum atomic E-state index is -3.82. The molecule has 5 nitrogen and oxygen atoms in total. The van der Waals surface area contributed by atoms with Gasteiger partial charge in [-0.3, -0.25) is 9.52 Å². The minimum Gasteiger partial charge on any atom is -0.365 e. The Morgan fingerprint density at radius 1 is 1.04 bits per heavy atom. The van der Waals surface area contributed by atoms with Crippen molar-refractivity contribution in [1.82, 2.24) is 0 Å². The summed E-state index contributed by atoms with van der Waals surface area (Å²) in [5, 5.41) is 0. The van der Waals surface area contributed by atoms with Crippen LogP contribution < -0.4 is 10.5 Å². The van der Waals surface area contributed by atoms with Crippen molar-refractivity contribution in [2.75, 3.05) is 4.72 Å². The Balaban J connectivity index is 2.03. The third-order valence-corrected chi connectivity index (χ3v) is 6.16. The molecule has 0 spiro atoms. The molecule has 1 amide bonds. The maximum atomic E-state index is 12.9. The molecule has 0 saturated heterocycles. The van der Waals surface area contributed by atoms with E-state index in [1.54, 1.807) is 31.2 Å². The Bertz CT molecular complexity index is 1030. The lowest BCUT2D eigenvalue weighted by Crippen LogP contribution is -2.14. The average molecular weight is 372 g/mol. The molecule has 0 atom stereocenters. The lowest BCUT2D eigenvalue weighted by atomic mass is 10.1. The molecule has 0 unspecified atom stereocenters. The first kappa shape index (κ1) is 17.2. The van der Waals surface area contributed by atoms with Gasteiger partial charge in [-0.1, -0.05) is 48.5 Å². The number of thiophene rings is 1. The van der Waals surface area contributed by atoms with Crippen molar-refractivity contribution in [3.8, 4) is 11.1 Å². The van der Waals surface area contributed by atoms with Gasteiger partial charge >= 0.3 is 0 Å². The van der Waals surface area contributed by atoms with Gasteiger partial charge < -0.3 is 5.73 Å². The minimum absolute atomic E-state index is 0.174. The standard InChI is InChI=1S/C18H16N2O3S2/c1-12-15(11-16(24-12)18(19)21)20-25(22,23)17-10-6-5-9-14(17)13-7-3-2-4-8-13/h2-11,20H,1H3,(H2,19,21). The van der Waals surface area contributed by atoms with Gasteiger partial charge in [0.2, 0.25) is 0 Å². The molecule has 3 aromatic rings. The molecule has 3 rings (SSSR count). The van der Waals surface area contributed by atoms with E-state index in [-0.39, 0.29) is 4.90 Å². The summed E-state index contributed by atoms with van der Waals surface area (Å²) in [6.45, 7) is 1.73. The average Bonchev–Trinajstić information content (AvgIpc) is 2.96. The predicted molar refractivity (Wildman–Crippen MR) is 100 cm³/mol. The van der Waals surface area contributed by atoms with Crippen LogP contribution in [0, 0.1) is 6.92 Å². The summed E-state index contributed by atoms with van der Waals surface area (Å²) in [5.74, 6) is -0.580. The van der Waals surface area contributed by atoms with Crippen LogP contribution in [0.2, 0.25) is 0 Å². The van der Waals surface area contributed by atoms with Gasteiger partial charge in [-0.2, -0.15) is 0 Å². The van der Waals surface area contributed by atoms with Crippen LogP contribution in [0.1, 0.15) is 14.5 Å². The van der Waals surface area contributed by atoms with Crippen molar-refractivity contribution in [1.29, 1.82) is 0 Å². The summed E-state index contributed by atoms with van der Waals surface area (Å²) in [7, 11) is -3.82. The van der Waals surface area contributed by atoms with E-state index in [0.29, 0.717) is 21.0 Å². The number of sulfonamides is 1. The van der Waals surface area contributed by atoms with E-state index < -0.39 is 15.9 Å². The van der Waals surface area contributed by atoms with Crippen molar-refractivity contribution >= 4 is 33.0 Å². The van der Waals surface area contributed by atoms with Gasteiger partial charge in [-0.15, -0.1) is 11.3 Å². The molecule has 0 saturated carbocycles. The van der Waals surface area contributed by atoms with E-state index >= 15 is 0 Å². The van der Waals surface area contributed by atoms with E-state index in [1.165, 1.54) is 6.07 Å². The number of aryl methyl sites for hydroxylation is 1. The smallest absolute Gasteiger partial charge is 0.262 e. The Hall–Kier alpha value is -2.64. The van der Waals surface area contributed by atoms with Crippen LogP contribution in [0.15, 0.2) is 65.6 Å². The molecule has 1 aromatic heterocycles. The largest absolute Gasteiger partial charge is 0.365 e. The highest BCUT2D eigenvalue weighted by Gasteiger charge is 2.21. The number of benzene rings is 2. The number of anilines is 1. The summed E-state index contributed by atoms with van der Waals surface area (Å²) in [5.41, 5.74) is 7.05. The maximum absolute atomic E-state index is 12.9. The Morgan fingerprint density at radius 3 is 2.32 bits per heavy atom. The number of amides is 1. The van der Waals surface area contributed by atoms with Gasteiger partial charge in [0.25, 0.3) is 15.9 Å². The third-order valence-electron chi connectivity index (χ3n) is 3.67. The normalized spacial score (nSPS) is 11.2. The number of primary amides is 1. The second kappa shape index (κ2) is 6.70. The van der Waals surface area contributed by atoms with Crippen LogP contribution in [-0.4, -0.2) is 14.3 Å². The topological polar surface area (TPSA) is 89.3 Å². The zero-order valence-corrected chi connectivity index (χ0v) is 15.0. The molecule has 0 aliphatic heterocycles. The van der Waals surface area contributed by atoms with Crippen LogP contribution >= 0.6 is 11.3 Å². The van der Waals surface area contributed by atoms with Gasteiger partial charge in [0, 0.05) is 10.4 Å². The number of hydrogen-bond donors (Lipinski definition) is 2. The van der Waals surface area contributed by atoms with Gasteiger partial charge in [0.1, 0.15) is 0 Å². The van der Waals surface area contributed by atoms with E-state index in [1.807, 2.05) is 30.3 Å². The highest BCUT2D eigenvalue weighted by atomic mass is 32.2. The molecular weight excluding hydrogens is 356 g/mol. The van der Waals surface area contributed by atoms with Crippen molar-refractivity contribution in [2.45, 2.75) is 11.8 Å². The van der Waals surface area contributed by atoms with Gasteiger partial charge in [-0.25, -0.2) is 8.42 Å². The van der Waals surface area contributed by atoms with Crippen molar-refractivity contribution in [3.05, 3.63) is 70.4 Å². The molecule has 128 valence electrons. The summed E-state index contributed by atoms with van der Waals surface area (Å²) in [4.78, 5) is 12.5. The van der Waals surface area contributed by atoms with E-state index in [2.05, 4.69) is 4.72 Å². The zero-order chi connectivity index (χ0) is 18.0. The first-order valence-corrected chi connectivity index (χ1v) is 9.76. The summed E-state index contributed by atoms with van der Waals surface area (Å²) in [6, 6.07) is 17.6. The number of nitrogens with one attached hydrogen (secondary N) is 1. The van der Waals surface area contributed by atoms with Gasteiger partial charge in [0.15, 0.2) is 0 Å². The molecule has 25 heavy (non-hydrogen) atoms. The number of hydrogen-bond acceptors (Lipinski definition) is 4. The van der Waals surface area contributed by atoms with Crippen molar-refractivity contribution < 1.29 is 13.2 Å². The molecule has 0 bridgehead atoms. The fourth-order valence-electron chi connectivity index (χ4n) is 2.46. The van der Waals surface area contributed by atoms with Crippen molar-refractivity contribution in [2.24, 2.45) is 5.73 Å². The third kappa shape index (κ3) is 3.57. The van der Waals surface area contributed by atoms with Crippen LogP contribution in [0.5, 0.6) is 0 Å². The fraction of sp³-hybridized carbons (Fsp3) is 0.0556. The molecule has 0 radical (unpaired) electrons. The van der Waals surface area contributed by atoms with E-state index in [4.69, 9.17) is 5.73 Å². The Kier molecular flexibility index (Phi) is 4.61. The Labute approximate surface area is 150 Å². The molecule has 0 aliphatic rings. The number of carbonyl (C=O) groups is 1. The van der Waals surface area contributed by atoms with Crippen LogP contribution in [0.25, 0.3) is 11.1 Å². The number of rotatable bonds is 5. The first-order valence-electron chi connectivity index (χ1n) is 7.46. The lowest BCUT2D eigenvalue weighted by molar-refractivity contribution is 0.100. The highest BCUT2D eigenvalue weighted by Crippen LogP contribution is 2.31. The molecule has 7 heteroatoms. The van der Waals surface area contributed by atoms with Crippen LogP contribution in [0.3, 0.4) is 0 Å². The maximum Gasteiger partial charge on any atom is 0.262 e. The second-order valence-electron chi connectivity index (χ2n) is 5.41. The number of nitrogens with two attached hydrogens (primary N) is 1. The summed E-state index contributed by atoms with van der Waals surface area (Å²) in [6.07, 6.45) is 0. The Morgan fingerprint density at radius 2 is 1.68 bits per heavy atom. The molecule has 2 aromatic carbocycles. The molecule has 1 heterocycles. The highest BCUT2D eigenvalue weighted by molar-refractivity contribution is 7.92.